The third kappa shape index (κ3) is 4.40. The first-order valence-electron chi connectivity index (χ1n) is 9.58. The molecule has 1 amide bonds. The number of thiophene rings is 1. The molecule has 170 valence electrons. The van der Waals surface area contributed by atoms with E-state index in [1.807, 2.05) is 13.0 Å². The number of methoxy groups -OCH3 is 1. The van der Waals surface area contributed by atoms with E-state index in [0.29, 0.717) is 24.3 Å². The van der Waals surface area contributed by atoms with Gasteiger partial charge in [0.1, 0.15) is 11.1 Å². The van der Waals surface area contributed by atoms with Crippen LogP contribution in [0.15, 0.2) is 24.3 Å². The number of hydrogen-bond acceptors (Lipinski definition) is 6. The van der Waals surface area contributed by atoms with Crippen molar-refractivity contribution in [2.75, 3.05) is 12.4 Å². The second-order valence-electron chi connectivity index (χ2n) is 7.49. The highest BCUT2D eigenvalue weighted by molar-refractivity contribution is 7.16. The molecule has 0 unspecified atom stereocenters. The summed E-state index contributed by atoms with van der Waals surface area (Å²) < 4.78 is 47.5. The number of alkyl halides is 3. The Kier molecular flexibility index (Phi) is 6.72. The third-order valence-corrected chi connectivity index (χ3v) is 6.67. The molecule has 2 atom stereocenters. The first kappa shape index (κ1) is 23.9. The van der Waals surface area contributed by atoms with Gasteiger partial charge in [-0.2, -0.15) is 18.4 Å². The van der Waals surface area contributed by atoms with E-state index >= 15 is 0 Å². The van der Waals surface area contributed by atoms with Crippen molar-refractivity contribution in [1.82, 2.24) is 5.32 Å². The molecule has 0 saturated heterocycles. The maximum absolute atomic E-state index is 14.3. The van der Waals surface area contributed by atoms with Crippen LogP contribution in [0.25, 0.3) is 0 Å². The highest BCUT2D eigenvalue weighted by atomic mass is 35.5. The summed E-state index contributed by atoms with van der Waals surface area (Å²) in [5, 5.41) is 13.6. The molecule has 6 nitrogen and oxygen atoms in total. The van der Waals surface area contributed by atoms with Gasteiger partial charge in [-0.05, 0) is 55.0 Å². The molecule has 0 spiro atoms. The van der Waals surface area contributed by atoms with Gasteiger partial charge in [0.05, 0.1) is 12.7 Å². The van der Waals surface area contributed by atoms with Crippen LogP contribution in [-0.2, 0) is 22.4 Å². The van der Waals surface area contributed by atoms with Gasteiger partial charge in [-0.3, -0.25) is 4.79 Å². The summed E-state index contributed by atoms with van der Waals surface area (Å²) in [6, 6.07) is 7.06. The number of carbonyl (C=O) groups excluding carboxylic acids is 2. The Hall–Kier alpha value is -2.77. The molecule has 1 aromatic heterocycles. The molecule has 0 bridgehead atoms. The Bertz CT molecular complexity index is 1080. The second-order valence-corrected chi connectivity index (χ2v) is 9.03. The van der Waals surface area contributed by atoms with Crippen LogP contribution in [0.3, 0.4) is 0 Å². The standard InChI is InChI=1S/C21H19ClF3N3O3S/c1-11-3-8-14-15(10-26)18(32-16(14)9-11)28-20(19(30)31-2,21(23,24)25)27-17(29)12-4-6-13(22)7-5-12/h4-7,11,28H,3,8-9H2,1-2H3,(H,27,29)/t11-,20+/m1/s1. The number of ether oxygens (including phenoxy) is 1. The van der Waals surface area contributed by atoms with Gasteiger partial charge in [-0.25, -0.2) is 4.79 Å². The van der Waals surface area contributed by atoms with Crippen molar-refractivity contribution in [2.45, 2.75) is 38.0 Å². The lowest BCUT2D eigenvalue weighted by atomic mass is 9.88. The topological polar surface area (TPSA) is 91.2 Å². The number of fused-ring (bicyclic) bond motifs is 1. The molecule has 2 N–H and O–H groups in total. The zero-order chi connectivity index (χ0) is 23.7. The zero-order valence-electron chi connectivity index (χ0n) is 17.1. The molecule has 11 heteroatoms. The number of hydrogen-bond donors (Lipinski definition) is 2. The van der Waals surface area contributed by atoms with Crippen LogP contribution in [0, 0.1) is 17.2 Å². The van der Waals surface area contributed by atoms with E-state index in [0.717, 1.165) is 29.7 Å². The van der Waals surface area contributed by atoms with E-state index in [1.54, 1.807) is 5.32 Å². The smallest absolute Gasteiger partial charge is 0.441 e. The molecule has 0 saturated carbocycles. The number of halogens is 4. The predicted molar refractivity (Wildman–Crippen MR) is 114 cm³/mol. The summed E-state index contributed by atoms with van der Waals surface area (Å²) in [5.41, 5.74) is -3.05. The lowest BCUT2D eigenvalue weighted by Gasteiger charge is -2.34. The van der Waals surface area contributed by atoms with Crippen LogP contribution in [-0.4, -0.2) is 30.8 Å². The van der Waals surface area contributed by atoms with Gasteiger partial charge in [0.15, 0.2) is 0 Å². The minimum atomic E-state index is -5.30. The number of nitriles is 1. The Morgan fingerprint density at radius 2 is 1.94 bits per heavy atom. The van der Waals surface area contributed by atoms with Crippen LogP contribution in [0.5, 0.6) is 0 Å². The van der Waals surface area contributed by atoms with Crippen molar-refractivity contribution in [1.29, 1.82) is 5.26 Å². The van der Waals surface area contributed by atoms with Crippen molar-refractivity contribution in [3.05, 3.63) is 50.9 Å². The van der Waals surface area contributed by atoms with Gasteiger partial charge in [-0.15, -0.1) is 11.3 Å². The number of benzene rings is 1. The van der Waals surface area contributed by atoms with E-state index in [-0.39, 0.29) is 21.2 Å². The van der Waals surface area contributed by atoms with Crippen LogP contribution >= 0.6 is 22.9 Å². The summed E-state index contributed by atoms with van der Waals surface area (Å²) in [5.74, 6) is -2.63. The third-order valence-electron chi connectivity index (χ3n) is 5.25. The summed E-state index contributed by atoms with van der Waals surface area (Å²) in [7, 11) is 0.783. The number of esters is 1. The molecule has 2 aromatic rings. The summed E-state index contributed by atoms with van der Waals surface area (Å²) in [6.07, 6.45) is -3.34. The fourth-order valence-corrected chi connectivity index (χ4v) is 5.06. The fourth-order valence-electron chi connectivity index (χ4n) is 3.52. The number of nitrogens with one attached hydrogen (secondary N) is 2. The molecule has 0 radical (unpaired) electrons. The Morgan fingerprint density at radius 3 is 2.50 bits per heavy atom. The van der Waals surface area contributed by atoms with Crippen molar-refractivity contribution in [3.8, 4) is 6.07 Å². The van der Waals surface area contributed by atoms with Crippen LogP contribution < -0.4 is 10.6 Å². The molecule has 32 heavy (non-hydrogen) atoms. The molecule has 0 aliphatic heterocycles. The largest absolute Gasteiger partial charge is 0.466 e. The lowest BCUT2D eigenvalue weighted by molar-refractivity contribution is -0.203. The van der Waals surface area contributed by atoms with E-state index in [9.17, 15) is 28.0 Å². The normalized spacial score (nSPS) is 17.5. The average Bonchev–Trinajstić information content (AvgIpc) is 3.07. The van der Waals surface area contributed by atoms with Gasteiger partial charge < -0.3 is 15.4 Å². The molecular weight excluding hydrogens is 467 g/mol. The van der Waals surface area contributed by atoms with E-state index in [1.165, 1.54) is 24.3 Å². The van der Waals surface area contributed by atoms with Gasteiger partial charge in [0.25, 0.3) is 5.91 Å². The van der Waals surface area contributed by atoms with Crippen molar-refractivity contribution >= 4 is 39.8 Å². The number of carbonyl (C=O) groups is 2. The first-order valence-corrected chi connectivity index (χ1v) is 10.8. The molecule has 0 fully saturated rings. The zero-order valence-corrected chi connectivity index (χ0v) is 18.7. The van der Waals surface area contributed by atoms with Crippen molar-refractivity contribution in [3.63, 3.8) is 0 Å². The van der Waals surface area contributed by atoms with E-state index in [4.69, 9.17) is 11.6 Å². The molecule has 1 aliphatic rings. The quantitative estimate of drug-likeness (QED) is 0.474. The van der Waals surface area contributed by atoms with Gasteiger partial charge in [0.2, 0.25) is 0 Å². The Labute approximate surface area is 191 Å². The Morgan fingerprint density at radius 1 is 1.28 bits per heavy atom. The Balaban J connectivity index is 2.08. The van der Waals surface area contributed by atoms with Gasteiger partial charge in [0, 0.05) is 15.5 Å². The van der Waals surface area contributed by atoms with Crippen molar-refractivity contribution in [2.24, 2.45) is 5.92 Å². The lowest BCUT2D eigenvalue weighted by Crippen LogP contribution is -2.69. The molecule has 3 rings (SSSR count). The van der Waals surface area contributed by atoms with Crippen LogP contribution in [0.1, 0.15) is 39.7 Å². The number of rotatable bonds is 5. The average molecular weight is 486 g/mol. The maximum Gasteiger partial charge on any atom is 0.441 e. The molecule has 1 heterocycles. The fraction of sp³-hybridized carbons (Fsp3) is 0.381. The van der Waals surface area contributed by atoms with Crippen molar-refractivity contribution < 1.29 is 27.5 Å². The number of anilines is 1. The summed E-state index contributed by atoms with van der Waals surface area (Å²) in [4.78, 5) is 25.9. The number of nitrogens with zero attached hydrogens (tertiary/aromatic N) is 1. The van der Waals surface area contributed by atoms with Gasteiger partial charge in [-0.1, -0.05) is 18.5 Å². The number of amides is 1. The minimum Gasteiger partial charge on any atom is -0.466 e. The first-order chi connectivity index (χ1) is 15.0. The second kappa shape index (κ2) is 9.00. The minimum absolute atomic E-state index is 0.0372. The van der Waals surface area contributed by atoms with E-state index < -0.39 is 23.7 Å². The monoisotopic (exact) mass is 485 g/mol. The molecule has 1 aliphatic carbocycles. The maximum atomic E-state index is 14.3. The van der Waals surface area contributed by atoms with E-state index in [2.05, 4.69) is 10.1 Å². The summed E-state index contributed by atoms with van der Waals surface area (Å²) >= 11 is 6.74. The van der Waals surface area contributed by atoms with Gasteiger partial charge >= 0.3 is 17.8 Å². The summed E-state index contributed by atoms with van der Waals surface area (Å²) in [6.45, 7) is 2.02. The highest BCUT2D eigenvalue weighted by Gasteiger charge is 2.64. The molecule has 1 aromatic carbocycles. The highest BCUT2D eigenvalue weighted by Crippen LogP contribution is 2.42. The predicted octanol–water partition coefficient (Wildman–Crippen LogP) is 4.67. The molecular formula is C21H19ClF3N3O3S. The van der Waals surface area contributed by atoms with Crippen LogP contribution in [0.2, 0.25) is 5.02 Å². The van der Waals surface area contributed by atoms with Crippen LogP contribution in [0.4, 0.5) is 18.2 Å². The SMILES string of the molecule is COC(=O)[C@](NC(=O)c1ccc(Cl)cc1)(Nc1sc2c(c1C#N)CC[C@@H](C)C2)C(F)(F)F.